The number of H-pyrrole nitrogens is 1. The third kappa shape index (κ3) is 6.98. The van der Waals surface area contributed by atoms with E-state index in [2.05, 4.69) is 68.2 Å². The molecule has 3 saturated heterocycles. The van der Waals surface area contributed by atoms with Gasteiger partial charge in [0.25, 0.3) is 0 Å². The Morgan fingerprint density at radius 1 is 0.983 bits per heavy atom. The van der Waals surface area contributed by atoms with Crippen LogP contribution in [-0.2, 0) is 11.2 Å². The first kappa shape index (κ1) is 39.1. The summed E-state index contributed by atoms with van der Waals surface area (Å²) in [5.74, 6) is 2.58. The Morgan fingerprint density at radius 3 is 2.43 bits per heavy atom. The average Bonchev–Trinajstić information content (AvgIpc) is 3.97. The summed E-state index contributed by atoms with van der Waals surface area (Å²) in [6, 6.07) is 12.0. The summed E-state index contributed by atoms with van der Waals surface area (Å²) >= 11 is 0. The monoisotopic (exact) mass is 814 g/mol. The van der Waals surface area contributed by atoms with Crippen molar-refractivity contribution in [2.45, 2.75) is 115 Å². The predicted octanol–water partition coefficient (Wildman–Crippen LogP) is 6.58. The summed E-state index contributed by atoms with van der Waals surface area (Å²) in [7, 11) is 0. The first-order chi connectivity index (χ1) is 29.0. The summed E-state index contributed by atoms with van der Waals surface area (Å²) in [6.07, 6.45) is 12.2. The molecule has 60 heavy (non-hydrogen) atoms. The van der Waals surface area contributed by atoms with Crippen LogP contribution >= 0.6 is 0 Å². The lowest BCUT2D eigenvalue weighted by Crippen LogP contribution is -2.56. The van der Waals surface area contributed by atoms with Gasteiger partial charge >= 0.3 is 0 Å². The Balaban J connectivity index is 0.714. The molecule has 8 heterocycles. The normalized spacial score (nSPS) is 24.4. The van der Waals surface area contributed by atoms with Gasteiger partial charge in [0, 0.05) is 85.4 Å². The number of piperidine rings is 2. The number of aliphatic hydroxyl groups is 1. The fourth-order valence-electron chi connectivity index (χ4n) is 11.3. The summed E-state index contributed by atoms with van der Waals surface area (Å²) in [5, 5.41) is 35.0. The van der Waals surface area contributed by atoms with Crippen molar-refractivity contribution in [3.05, 3.63) is 71.4 Å². The van der Waals surface area contributed by atoms with Gasteiger partial charge in [0.05, 0.1) is 17.8 Å². The van der Waals surface area contributed by atoms with Crippen LogP contribution in [0.2, 0.25) is 0 Å². The number of carbonyl (C=O) groups is 1. The fourth-order valence-corrected chi connectivity index (χ4v) is 11.3. The van der Waals surface area contributed by atoms with Crippen LogP contribution in [0.25, 0.3) is 22.3 Å². The molecule has 0 radical (unpaired) electrons. The Bertz CT molecular complexity index is 2340. The molecule has 14 nitrogen and oxygen atoms in total. The van der Waals surface area contributed by atoms with Crippen LogP contribution in [0, 0.1) is 11.3 Å². The average molecular weight is 815 g/mol. The van der Waals surface area contributed by atoms with Gasteiger partial charge in [0.1, 0.15) is 11.7 Å². The molecule has 4 fully saturated rings. The quantitative estimate of drug-likeness (QED) is 0.154. The highest BCUT2D eigenvalue weighted by Gasteiger charge is 2.48. The van der Waals surface area contributed by atoms with Crippen LogP contribution in [0.1, 0.15) is 113 Å². The van der Waals surface area contributed by atoms with Crippen LogP contribution < -0.4 is 9.80 Å². The molecule has 4 aliphatic heterocycles. The molecular formula is C46H58N10O4. The molecule has 1 unspecified atom stereocenters. The Hall–Kier alpha value is -5.08. The number of benzene rings is 1. The minimum atomic E-state index is -0.459. The number of aromatic amines is 1. The third-order valence-corrected chi connectivity index (χ3v) is 14.9. The number of nitrogens with one attached hydrogen (secondary N) is 1. The number of aliphatic hydroxyl groups excluding tert-OH is 1. The Kier molecular flexibility index (Phi) is 10.1. The lowest BCUT2D eigenvalue weighted by molar-refractivity contribution is -0.135. The van der Waals surface area contributed by atoms with Crippen LogP contribution in [0.3, 0.4) is 0 Å². The highest BCUT2D eigenvalue weighted by atomic mass is 16.5. The zero-order valence-corrected chi connectivity index (χ0v) is 35.3. The van der Waals surface area contributed by atoms with Gasteiger partial charge in [-0.05, 0) is 113 Å². The summed E-state index contributed by atoms with van der Waals surface area (Å²) in [4.78, 5) is 36.1. The van der Waals surface area contributed by atoms with Gasteiger partial charge in [-0.2, -0.15) is 0 Å². The zero-order chi connectivity index (χ0) is 41.3. The third-order valence-electron chi connectivity index (χ3n) is 14.9. The highest BCUT2D eigenvalue weighted by molar-refractivity contribution is 5.86. The lowest BCUT2D eigenvalue weighted by atomic mass is 9.59. The van der Waals surface area contributed by atoms with E-state index >= 15 is 0 Å². The summed E-state index contributed by atoms with van der Waals surface area (Å²) in [6.45, 7) is 13.7. The van der Waals surface area contributed by atoms with Crippen LogP contribution in [0.15, 0.2) is 53.3 Å². The number of carbonyl (C=O) groups excluding carboxylic acids is 1. The van der Waals surface area contributed by atoms with Crippen molar-refractivity contribution in [1.29, 1.82) is 0 Å². The van der Waals surface area contributed by atoms with E-state index in [1.54, 1.807) is 6.07 Å². The van der Waals surface area contributed by atoms with Crippen molar-refractivity contribution >= 4 is 28.7 Å². The number of phenolic OH excluding ortho intramolecular Hbond substituents is 1. The largest absolute Gasteiger partial charge is 0.507 e. The number of likely N-dealkylation sites (tertiary alicyclic amines) is 2. The zero-order valence-electron chi connectivity index (χ0n) is 35.3. The first-order valence-electron chi connectivity index (χ1n) is 22.2. The summed E-state index contributed by atoms with van der Waals surface area (Å²) in [5.41, 5.74) is 6.09. The van der Waals surface area contributed by atoms with E-state index in [0.29, 0.717) is 47.4 Å². The molecule has 3 N–H and O–H groups in total. The lowest BCUT2D eigenvalue weighted by Gasteiger charge is -2.56. The molecule has 1 aliphatic carbocycles. The van der Waals surface area contributed by atoms with Crippen molar-refractivity contribution < 1.29 is 19.5 Å². The van der Waals surface area contributed by atoms with Gasteiger partial charge in [-0.15, -0.1) is 10.2 Å². The smallest absolute Gasteiger partial charge is 0.234 e. The number of anilines is 2. The number of phenols is 1. The van der Waals surface area contributed by atoms with Gasteiger partial charge in [0.15, 0.2) is 17.2 Å². The molecule has 1 amide bonds. The Labute approximate surface area is 351 Å². The molecule has 1 spiro atoms. The number of hydrogen-bond acceptors (Lipinski definition) is 12. The number of aromatic nitrogens is 6. The minimum absolute atomic E-state index is 0.0255. The molecule has 4 atom stereocenters. The van der Waals surface area contributed by atoms with E-state index in [9.17, 15) is 15.0 Å². The number of nitrogens with zero attached hydrogens (tertiary/aromatic N) is 9. The van der Waals surface area contributed by atoms with Crippen LogP contribution in [0.4, 0.5) is 11.8 Å². The van der Waals surface area contributed by atoms with E-state index in [4.69, 9.17) is 14.5 Å². The van der Waals surface area contributed by atoms with Gasteiger partial charge in [-0.3, -0.25) is 4.79 Å². The molecule has 14 heteroatoms. The fraction of sp³-hybridized carbons (Fsp3) is 0.565. The van der Waals surface area contributed by atoms with E-state index in [0.717, 1.165) is 87.6 Å². The van der Waals surface area contributed by atoms with Crippen molar-refractivity contribution in [2.24, 2.45) is 11.3 Å². The van der Waals surface area contributed by atoms with Crippen molar-refractivity contribution in [3.63, 3.8) is 0 Å². The highest BCUT2D eigenvalue weighted by Crippen LogP contribution is 2.52. The molecule has 10 rings (SSSR count). The molecule has 4 aromatic heterocycles. The van der Waals surface area contributed by atoms with Crippen LogP contribution in [-0.4, -0.2) is 114 Å². The van der Waals surface area contributed by atoms with E-state index in [1.165, 1.54) is 29.7 Å². The molecular weight excluding hydrogens is 757 g/mol. The number of fused-ring (bicyclic) bond motifs is 3. The number of β-amino-alcohol motifs (C(OH)–C–C–N with tert-alkyl or cyclic N) is 1. The van der Waals surface area contributed by atoms with Gasteiger partial charge in [-0.1, -0.05) is 31.1 Å². The number of amides is 1. The molecule has 5 aromatic rings. The first-order valence-corrected chi connectivity index (χ1v) is 22.2. The number of hydrogen-bond donors (Lipinski definition) is 3. The van der Waals surface area contributed by atoms with Gasteiger partial charge in [0.2, 0.25) is 11.9 Å². The van der Waals surface area contributed by atoms with E-state index in [-0.39, 0.29) is 29.7 Å². The number of aromatic hydroxyl groups is 1. The molecule has 5 aliphatic rings. The standard InChI is InChI=1S/C46H58N10O4/c1-27(2)41(44(59)56-26-33(57)19-28(56)3)39-21-40(52-60-39)54-17-12-46(13-18-54)22-32(23-46)53-14-9-30(10-15-53)31-24-47-45(48-25-31)55-16-11-36-42(29(55)4)35-20-37(50-51-43(35)49-36)34-7-5-6-8-38(34)58/h5-8,20-21,24-25,27-30,32-33,41,57-58H,9-19,22-23,26H2,1-4H3,(H,49,51)/t28-,29+,33-,41?/m1/s1. The molecule has 1 saturated carbocycles. The van der Waals surface area contributed by atoms with E-state index < -0.39 is 12.0 Å². The van der Waals surface area contributed by atoms with Gasteiger partial charge < -0.3 is 39.3 Å². The molecule has 316 valence electrons. The second kappa shape index (κ2) is 15.4. The molecule has 0 bridgehead atoms. The maximum Gasteiger partial charge on any atom is 0.234 e. The molecule has 1 aromatic carbocycles. The second-order valence-corrected chi connectivity index (χ2v) is 18.9. The van der Waals surface area contributed by atoms with Crippen molar-refractivity contribution in [1.82, 2.24) is 40.1 Å². The minimum Gasteiger partial charge on any atom is -0.507 e. The number of rotatable bonds is 8. The van der Waals surface area contributed by atoms with Crippen LogP contribution in [0.5, 0.6) is 5.75 Å². The number of para-hydroxylation sites is 1. The van der Waals surface area contributed by atoms with Gasteiger partial charge in [-0.25, -0.2) is 9.97 Å². The van der Waals surface area contributed by atoms with Crippen molar-refractivity contribution in [3.8, 4) is 17.0 Å². The second-order valence-electron chi connectivity index (χ2n) is 18.9. The predicted molar refractivity (Wildman–Crippen MR) is 229 cm³/mol. The maximum absolute atomic E-state index is 13.6. The SMILES string of the molecule is CC(C)C(C(=O)N1C[C@H](O)C[C@H]1C)c1cc(N2CCC3(CC2)CC(N2CCC(c4cnc(N5CCc6[nH]c7nnc(-c8ccccc8O)cc7c6[C@@H]5C)nc4)CC2)C3)no1. The van der Waals surface area contributed by atoms with E-state index in [1.807, 2.05) is 42.2 Å². The Morgan fingerprint density at radius 2 is 1.73 bits per heavy atom. The van der Waals surface area contributed by atoms with Crippen molar-refractivity contribution in [2.75, 3.05) is 49.1 Å². The summed E-state index contributed by atoms with van der Waals surface area (Å²) < 4.78 is 5.86. The maximum atomic E-state index is 13.6. The topological polar surface area (TPSA) is 164 Å².